The fraction of sp³-hybridized carbons (Fsp3) is 0.167. The lowest BCUT2D eigenvalue weighted by molar-refractivity contribution is 0.0781. The van der Waals surface area contributed by atoms with Gasteiger partial charge < -0.3 is 4.90 Å². The minimum absolute atomic E-state index is 0.0271. The van der Waals surface area contributed by atoms with E-state index in [1.54, 1.807) is 28.0 Å². The van der Waals surface area contributed by atoms with Crippen molar-refractivity contribution >= 4 is 29.0 Å². The Morgan fingerprint density at radius 3 is 2.63 bits per heavy atom. The summed E-state index contributed by atoms with van der Waals surface area (Å²) >= 11 is 3.40. The van der Waals surface area contributed by atoms with Crippen molar-refractivity contribution in [2.24, 2.45) is 0 Å². The van der Waals surface area contributed by atoms with E-state index in [9.17, 15) is 4.79 Å². The Labute approximate surface area is 185 Å². The van der Waals surface area contributed by atoms with Crippen molar-refractivity contribution in [2.75, 3.05) is 7.05 Å². The number of nitrogens with zero attached hydrogens (tertiary/aromatic N) is 3. The highest BCUT2D eigenvalue weighted by Gasteiger charge is 2.17. The van der Waals surface area contributed by atoms with Crippen LogP contribution in [0.25, 0.3) is 0 Å². The Bertz CT molecular complexity index is 1090. The van der Waals surface area contributed by atoms with E-state index in [4.69, 9.17) is 0 Å². The van der Waals surface area contributed by atoms with Crippen molar-refractivity contribution in [3.8, 4) is 0 Å². The van der Waals surface area contributed by atoms with E-state index in [-0.39, 0.29) is 5.91 Å². The van der Waals surface area contributed by atoms with Crippen molar-refractivity contribution in [2.45, 2.75) is 23.7 Å². The normalized spacial score (nSPS) is 10.8. The van der Waals surface area contributed by atoms with Crippen LogP contribution in [0.15, 0.2) is 88.7 Å². The molecular formula is C24H23N3OS2. The number of benzene rings is 2. The first-order valence-corrected chi connectivity index (χ1v) is 11.7. The van der Waals surface area contributed by atoms with Gasteiger partial charge in [0.25, 0.3) is 5.91 Å². The van der Waals surface area contributed by atoms with Crippen molar-refractivity contribution in [3.05, 3.63) is 106 Å². The van der Waals surface area contributed by atoms with Crippen molar-refractivity contribution in [1.82, 2.24) is 14.7 Å². The quantitative estimate of drug-likeness (QED) is 0.342. The number of amides is 1. The standard InChI is InChI=1S/C24H23N3OS2/c1-26(14-21-13-25-27(16-21)15-19-7-3-2-4-8-19)24(28)22-9-5-6-10-23(22)30-18-20-11-12-29-17-20/h2-13,16-17H,14-15,18H2,1H3. The molecule has 2 heterocycles. The predicted molar refractivity (Wildman–Crippen MR) is 124 cm³/mol. The monoisotopic (exact) mass is 433 g/mol. The van der Waals surface area contributed by atoms with Crippen LogP contribution in [0, 0.1) is 0 Å². The molecule has 1 amide bonds. The molecule has 152 valence electrons. The van der Waals surface area contributed by atoms with E-state index < -0.39 is 0 Å². The van der Waals surface area contributed by atoms with Crippen molar-refractivity contribution in [1.29, 1.82) is 0 Å². The van der Waals surface area contributed by atoms with Crippen LogP contribution in [0.2, 0.25) is 0 Å². The molecule has 0 spiro atoms. The maximum atomic E-state index is 13.1. The molecule has 6 heteroatoms. The SMILES string of the molecule is CN(Cc1cnn(Cc2ccccc2)c1)C(=O)c1ccccc1SCc1ccsc1. The number of aromatic nitrogens is 2. The van der Waals surface area contributed by atoms with Crippen LogP contribution in [0.4, 0.5) is 0 Å². The maximum absolute atomic E-state index is 13.1. The van der Waals surface area contributed by atoms with Crippen LogP contribution in [0.1, 0.15) is 27.0 Å². The highest BCUT2D eigenvalue weighted by molar-refractivity contribution is 7.98. The lowest BCUT2D eigenvalue weighted by atomic mass is 10.2. The van der Waals surface area contributed by atoms with E-state index in [2.05, 4.69) is 34.1 Å². The summed E-state index contributed by atoms with van der Waals surface area (Å²) in [5.41, 5.74) is 4.25. The molecule has 4 aromatic rings. The zero-order valence-corrected chi connectivity index (χ0v) is 18.4. The van der Waals surface area contributed by atoms with Gasteiger partial charge in [0, 0.05) is 36.0 Å². The van der Waals surface area contributed by atoms with Crippen LogP contribution in [-0.2, 0) is 18.8 Å². The summed E-state index contributed by atoms with van der Waals surface area (Å²) in [6.07, 6.45) is 3.85. The molecule has 4 rings (SSSR count). The summed E-state index contributed by atoms with van der Waals surface area (Å²) in [6.45, 7) is 1.25. The van der Waals surface area contributed by atoms with E-state index in [0.29, 0.717) is 6.54 Å². The first-order valence-electron chi connectivity index (χ1n) is 9.72. The van der Waals surface area contributed by atoms with Crippen LogP contribution in [0.5, 0.6) is 0 Å². The molecule has 0 atom stereocenters. The molecule has 30 heavy (non-hydrogen) atoms. The Morgan fingerprint density at radius 2 is 1.83 bits per heavy atom. The average Bonchev–Trinajstić information content (AvgIpc) is 3.45. The number of carbonyl (C=O) groups is 1. The van der Waals surface area contributed by atoms with Crippen molar-refractivity contribution in [3.63, 3.8) is 0 Å². The second-order valence-corrected chi connectivity index (χ2v) is 8.91. The lowest BCUT2D eigenvalue weighted by Crippen LogP contribution is -2.26. The molecule has 0 N–H and O–H groups in total. The summed E-state index contributed by atoms with van der Waals surface area (Å²) in [4.78, 5) is 15.9. The van der Waals surface area contributed by atoms with Gasteiger partial charge in [-0.3, -0.25) is 9.48 Å². The van der Waals surface area contributed by atoms with E-state index in [1.807, 2.05) is 66.6 Å². The number of hydrogen-bond donors (Lipinski definition) is 0. The Hall–Kier alpha value is -2.83. The van der Waals surface area contributed by atoms with Gasteiger partial charge in [-0.1, -0.05) is 42.5 Å². The lowest BCUT2D eigenvalue weighted by Gasteiger charge is -2.18. The molecule has 2 aromatic heterocycles. The summed E-state index contributed by atoms with van der Waals surface area (Å²) in [5, 5.41) is 8.68. The summed E-state index contributed by atoms with van der Waals surface area (Å²) in [7, 11) is 1.84. The number of thioether (sulfide) groups is 1. The van der Waals surface area contributed by atoms with Crippen LogP contribution < -0.4 is 0 Å². The zero-order valence-electron chi connectivity index (χ0n) is 16.8. The zero-order chi connectivity index (χ0) is 20.8. The largest absolute Gasteiger partial charge is 0.337 e. The molecule has 0 fully saturated rings. The van der Waals surface area contributed by atoms with E-state index in [0.717, 1.165) is 28.3 Å². The summed E-state index contributed by atoms with van der Waals surface area (Å²) in [5.74, 6) is 0.892. The van der Waals surface area contributed by atoms with Gasteiger partial charge in [0.15, 0.2) is 0 Å². The minimum Gasteiger partial charge on any atom is -0.337 e. The van der Waals surface area contributed by atoms with Crippen molar-refractivity contribution < 1.29 is 4.79 Å². The molecule has 4 nitrogen and oxygen atoms in total. The summed E-state index contributed by atoms with van der Waals surface area (Å²) in [6, 6.07) is 20.2. The van der Waals surface area contributed by atoms with Gasteiger partial charge >= 0.3 is 0 Å². The van der Waals surface area contributed by atoms with Gasteiger partial charge in [0.05, 0.1) is 18.3 Å². The maximum Gasteiger partial charge on any atom is 0.255 e. The molecule has 0 bridgehead atoms. The third kappa shape index (κ3) is 5.20. The topological polar surface area (TPSA) is 38.1 Å². The second-order valence-electron chi connectivity index (χ2n) is 7.11. The summed E-state index contributed by atoms with van der Waals surface area (Å²) < 4.78 is 1.91. The van der Waals surface area contributed by atoms with Gasteiger partial charge in [0.2, 0.25) is 0 Å². The fourth-order valence-electron chi connectivity index (χ4n) is 3.20. The molecule has 0 saturated carbocycles. The van der Waals surface area contributed by atoms with Crippen LogP contribution in [0.3, 0.4) is 0 Å². The van der Waals surface area contributed by atoms with E-state index >= 15 is 0 Å². The highest BCUT2D eigenvalue weighted by atomic mass is 32.2. The number of carbonyl (C=O) groups excluding carboxylic acids is 1. The molecule has 0 radical (unpaired) electrons. The third-order valence-corrected chi connectivity index (χ3v) is 6.61. The number of hydrogen-bond acceptors (Lipinski definition) is 4. The number of thiophene rings is 1. The smallest absolute Gasteiger partial charge is 0.255 e. The third-order valence-electron chi connectivity index (χ3n) is 4.73. The Balaban J connectivity index is 1.40. The first kappa shape index (κ1) is 20.4. The minimum atomic E-state index is 0.0271. The van der Waals surface area contributed by atoms with Crippen LogP contribution in [-0.4, -0.2) is 27.6 Å². The van der Waals surface area contributed by atoms with E-state index in [1.165, 1.54) is 11.1 Å². The van der Waals surface area contributed by atoms with Gasteiger partial charge in [-0.2, -0.15) is 16.4 Å². The van der Waals surface area contributed by atoms with Gasteiger partial charge in [-0.15, -0.1) is 11.8 Å². The predicted octanol–water partition coefficient (Wildman–Crippen LogP) is 5.56. The number of rotatable bonds is 8. The van der Waals surface area contributed by atoms with Gasteiger partial charge in [0.1, 0.15) is 0 Å². The molecule has 2 aromatic carbocycles. The molecule has 0 aliphatic rings. The van der Waals surface area contributed by atoms with Gasteiger partial charge in [-0.25, -0.2) is 0 Å². The molecule has 0 aliphatic heterocycles. The highest BCUT2D eigenvalue weighted by Crippen LogP contribution is 2.28. The molecule has 0 unspecified atom stereocenters. The fourth-order valence-corrected chi connectivity index (χ4v) is 4.96. The average molecular weight is 434 g/mol. The van der Waals surface area contributed by atoms with Crippen LogP contribution >= 0.6 is 23.1 Å². The molecular weight excluding hydrogens is 410 g/mol. The first-order chi connectivity index (χ1) is 14.7. The Morgan fingerprint density at radius 1 is 1.03 bits per heavy atom. The Kier molecular flexibility index (Phi) is 6.67. The van der Waals surface area contributed by atoms with Gasteiger partial charge in [-0.05, 0) is 40.1 Å². The second kappa shape index (κ2) is 9.78. The molecule has 0 saturated heterocycles. The molecule has 0 aliphatic carbocycles.